The van der Waals surface area contributed by atoms with Crippen LogP contribution in [0.25, 0.3) is 5.57 Å². The Morgan fingerprint density at radius 1 is 1.11 bits per heavy atom. The van der Waals surface area contributed by atoms with E-state index < -0.39 is 5.97 Å². The van der Waals surface area contributed by atoms with Crippen LogP contribution in [0.2, 0.25) is 0 Å². The Kier molecular flexibility index (Phi) is 8.66. The molecule has 6 rings (SSSR count). The summed E-state index contributed by atoms with van der Waals surface area (Å²) >= 11 is 0. The molecule has 0 spiro atoms. The average Bonchev–Trinajstić information content (AvgIpc) is 3.66. The predicted octanol–water partition coefficient (Wildman–Crippen LogP) is 5.64. The van der Waals surface area contributed by atoms with Gasteiger partial charge in [-0.15, -0.1) is 0 Å². The predicted molar refractivity (Wildman–Crippen MR) is 171 cm³/mol. The summed E-state index contributed by atoms with van der Waals surface area (Å²) in [5, 5.41) is 19.3. The van der Waals surface area contributed by atoms with E-state index >= 15 is 0 Å². The highest BCUT2D eigenvalue weighted by Crippen LogP contribution is 2.39. The number of piperidine rings is 1. The second-order valence-electron chi connectivity index (χ2n) is 14.1. The van der Waals surface area contributed by atoms with Crippen LogP contribution < -0.4 is 0 Å². The molecule has 0 bridgehead atoms. The third-order valence-electron chi connectivity index (χ3n) is 10.1. The third-order valence-corrected chi connectivity index (χ3v) is 10.1. The van der Waals surface area contributed by atoms with E-state index in [4.69, 9.17) is 9.98 Å². The van der Waals surface area contributed by atoms with Crippen LogP contribution in [0.1, 0.15) is 93.4 Å². The first-order valence-electron chi connectivity index (χ1n) is 16.2. The number of Topliss-reactive ketones (excluding diaryl/α,β-unsaturated/α-hetero) is 1. The van der Waals surface area contributed by atoms with E-state index in [0.717, 1.165) is 86.4 Å². The van der Waals surface area contributed by atoms with E-state index in [-0.39, 0.29) is 23.2 Å². The number of aliphatic imine (C=N–C) groups is 1. The van der Waals surface area contributed by atoms with Crippen LogP contribution in [-0.4, -0.2) is 68.3 Å². The normalized spacial score (nSPS) is 21.3. The Hall–Kier alpha value is -3.49. The van der Waals surface area contributed by atoms with Gasteiger partial charge in [-0.1, -0.05) is 32.9 Å². The number of fused-ring (bicyclic) bond motifs is 2. The number of aromatic nitrogens is 2. The van der Waals surface area contributed by atoms with Crippen LogP contribution in [0.3, 0.4) is 0 Å². The van der Waals surface area contributed by atoms with Gasteiger partial charge < -0.3 is 15.1 Å². The molecule has 232 valence electrons. The summed E-state index contributed by atoms with van der Waals surface area (Å²) in [5.41, 5.74) is 8.00. The molecule has 44 heavy (non-hydrogen) atoms. The zero-order chi connectivity index (χ0) is 31.0. The van der Waals surface area contributed by atoms with Gasteiger partial charge in [-0.05, 0) is 104 Å². The number of carboxylic acid groups (broad SMARTS) is 1. The highest BCUT2D eigenvalue weighted by Gasteiger charge is 2.32. The number of aliphatic carboxylic acids is 1. The number of nitrogens with zero attached hydrogens (tertiary/aromatic N) is 4. The molecule has 2 aromatic rings. The fraction of sp³-hybridized carbons (Fsp3) is 0.528. The molecule has 0 unspecified atom stereocenters. The first kappa shape index (κ1) is 30.5. The number of hydrogen-bond acceptors (Lipinski definition) is 7. The molecule has 1 saturated heterocycles. The van der Waals surface area contributed by atoms with E-state index in [0.29, 0.717) is 36.5 Å². The maximum atomic E-state index is 13.8. The van der Waals surface area contributed by atoms with Crippen LogP contribution in [0.15, 0.2) is 47.1 Å². The summed E-state index contributed by atoms with van der Waals surface area (Å²) in [5.74, 6) is -0.258. The van der Waals surface area contributed by atoms with Crippen molar-refractivity contribution in [1.82, 2.24) is 14.9 Å². The largest absolute Gasteiger partial charge is 0.478 e. The molecular weight excluding hydrogens is 552 g/mol. The number of carbonyl (C=O) groups excluding carboxylic acids is 1. The van der Waals surface area contributed by atoms with Crippen molar-refractivity contribution in [3.8, 4) is 0 Å². The lowest BCUT2D eigenvalue weighted by atomic mass is 9.71. The first-order chi connectivity index (χ1) is 21.0. The van der Waals surface area contributed by atoms with Gasteiger partial charge in [0.1, 0.15) is 0 Å². The minimum atomic E-state index is -0.905. The van der Waals surface area contributed by atoms with Crippen molar-refractivity contribution in [1.29, 1.82) is 0 Å². The van der Waals surface area contributed by atoms with Gasteiger partial charge in [-0.25, -0.2) is 9.79 Å². The summed E-state index contributed by atoms with van der Waals surface area (Å²) in [7, 11) is 0. The maximum absolute atomic E-state index is 13.8. The highest BCUT2D eigenvalue weighted by atomic mass is 16.4. The number of allylic oxidation sites excluding steroid dienone is 3. The minimum absolute atomic E-state index is 0.0290. The Labute approximate surface area is 260 Å². The Morgan fingerprint density at radius 3 is 2.59 bits per heavy atom. The van der Waals surface area contributed by atoms with Gasteiger partial charge in [0.25, 0.3) is 0 Å². The number of carboxylic acids is 1. The summed E-state index contributed by atoms with van der Waals surface area (Å²) in [6.07, 6.45) is 11.9. The number of carbonyl (C=O) groups is 2. The molecule has 8 nitrogen and oxygen atoms in total. The molecule has 2 aliphatic carbocycles. The van der Waals surface area contributed by atoms with Crippen LogP contribution in [0, 0.1) is 11.3 Å². The molecule has 0 radical (unpaired) electrons. The van der Waals surface area contributed by atoms with E-state index in [1.54, 1.807) is 6.08 Å². The number of pyridine rings is 2. The second kappa shape index (κ2) is 12.5. The Bertz CT molecular complexity index is 1520. The van der Waals surface area contributed by atoms with Crippen LogP contribution in [0.5, 0.6) is 0 Å². The van der Waals surface area contributed by atoms with Crippen LogP contribution >= 0.6 is 0 Å². The molecular formula is C36H44N4O4. The number of aliphatic hydroxyl groups excluding tert-OH is 1. The van der Waals surface area contributed by atoms with E-state index in [1.807, 2.05) is 24.4 Å². The monoisotopic (exact) mass is 596 g/mol. The zero-order valence-electron chi connectivity index (χ0n) is 26.2. The Morgan fingerprint density at radius 2 is 1.91 bits per heavy atom. The van der Waals surface area contributed by atoms with E-state index in [9.17, 15) is 19.8 Å². The van der Waals surface area contributed by atoms with Crippen molar-refractivity contribution >= 4 is 28.7 Å². The van der Waals surface area contributed by atoms with Crippen molar-refractivity contribution in [2.45, 2.75) is 90.6 Å². The van der Waals surface area contributed by atoms with Gasteiger partial charge in [-0.3, -0.25) is 14.8 Å². The summed E-state index contributed by atoms with van der Waals surface area (Å²) in [6, 6.07) is 6.14. The number of aliphatic hydroxyl groups is 1. The first-order valence-corrected chi connectivity index (χ1v) is 16.2. The number of aryl methyl sites for hydroxylation is 1. The molecule has 4 heterocycles. The maximum Gasteiger partial charge on any atom is 0.331 e. The van der Waals surface area contributed by atoms with E-state index in [2.05, 4.69) is 36.7 Å². The fourth-order valence-electron chi connectivity index (χ4n) is 7.05. The lowest BCUT2D eigenvalue weighted by molar-refractivity contribution is -0.132. The molecule has 8 heteroatoms. The molecule has 0 saturated carbocycles. The molecule has 4 aliphatic rings. The quantitative estimate of drug-likeness (QED) is 0.385. The molecule has 1 fully saturated rings. The molecule has 0 aromatic carbocycles. The number of rotatable bonds is 9. The second-order valence-corrected chi connectivity index (χ2v) is 14.1. The minimum Gasteiger partial charge on any atom is -0.478 e. The molecule has 2 N–H and O–H groups in total. The topological polar surface area (TPSA) is 116 Å². The SMILES string of the molecule is CC(C)(C)[C@H]1CCc2nc3c(cc2C1)N=C(C(=O)C[C@H](CCN1CCC(O)CC1)c1ccc(C2=CCC(C(=O)O)=C2)nc1)C3. The van der Waals surface area contributed by atoms with Gasteiger partial charge in [0.05, 0.1) is 28.9 Å². The van der Waals surface area contributed by atoms with Crippen LogP contribution in [-0.2, 0) is 28.9 Å². The number of likely N-dealkylation sites (tertiary alicyclic amines) is 1. The zero-order valence-corrected chi connectivity index (χ0v) is 26.2. The van der Waals surface area contributed by atoms with Gasteiger partial charge in [0.15, 0.2) is 5.78 Å². The summed E-state index contributed by atoms with van der Waals surface area (Å²) < 4.78 is 0. The Balaban J connectivity index is 1.18. The number of ketones is 1. The summed E-state index contributed by atoms with van der Waals surface area (Å²) in [4.78, 5) is 42.0. The van der Waals surface area contributed by atoms with Gasteiger partial charge in [-0.2, -0.15) is 0 Å². The number of hydrogen-bond donors (Lipinski definition) is 2. The standard InChI is InChI=1S/C36H44N4O4/c1-36(2,3)27-7-9-30-26(17-27)18-31-32(38-30)20-33(39-31)34(42)19-22(10-13-40-14-11-28(41)12-15-40)25-6-8-29(37-21-25)23-4-5-24(16-23)35(43)44/h4,6,8,16,18,21-22,27-28,41H,5,7,9-15,17,19-20H2,1-3H3,(H,43,44)/t22-,27-/m0/s1. The van der Waals surface area contributed by atoms with Crippen molar-refractivity contribution < 1.29 is 19.8 Å². The molecule has 2 aliphatic heterocycles. The lowest BCUT2D eigenvalue weighted by Gasteiger charge is -2.34. The fourth-order valence-corrected chi connectivity index (χ4v) is 7.05. The third kappa shape index (κ3) is 6.76. The lowest BCUT2D eigenvalue weighted by Crippen LogP contribution is -2.37. The molecule has 2 atom stereocenters. The average molecular weight is 597 g/mol. The van der Waals surface area contributed by atoms with Crippen LogP contribution in [0.4, 0.5) is 5.69 Å². The van der Waals surface area contributed by atoms with Gasteiger partial charge >= 0.3 is 5.97 Å². The highest BCUT2D eigenvalue weighted by molar-refractivity contribution is 6.41. The van der Waals surface area contributed by atoms with Crippen molar-refractivity contribution in [2.24, 2.45) is 16.3 Å². The molecule has 2 aromatic heterocycles. The van der Waals surface area contributed by atoms with Gasteiger partial charge in [0.2, 0.25) is 0 Å². The van der Waals surface area contributed by atoms with Crippen molar-refractivity contribution in [2.75, 3.05) is 19.6 Å². The van der Waals surface area contributed by atoms with Gasteiger partial charge in [0, 0.05) is 43.4 Å². The van der Waals surface area contributed by atoms with Crippen molar-refractivity contribution in [3.63, 3.8) is 0 Å². The summed E-state index contributed by atoms with van der Waals surface area (Å²) in [6.45, 7) is 9.50. The van der Waals surface area contributed by atoms with E-state index in [1.165, 1.54) is 11.3 Å². The smallest absolute Gasteiger partial charge is 0.331 e. The molecule has 0 amide bonds. The van der Waals surface area contributed by atoms with Crippen molar-refractivity contribution in [3.05, 3.63) is 70.3 Å².